The zero-order valence-electron chi connectivity index (χ0n) is 12.4. The molecule has 0 bridgehead atoms. The summed E-state index contributed by atoms with van der Waals surface area (Å²) in [6.07, 6.45) is -2.86. The SMILES string of the molecule is CCCC(=O)OC(COC(=O)C(C)O)COC(=O)C(C)O. The van der Waals surface area contributed by atoms with Gasteiger partial charge in [0.15, 0.2) is 6.10 Å². The summed E-state index contributed by atoms with van der Waals surface area (Å²) in [5.74, 6) is -2.29. The molecule has 8 nitrogen and oxygen atoms in total. The second-order valence-electron chi connectivity index (χ2n) is 4.47. The molecule has 0 aromatic heterocycles. The van der Waals surface area contributed by atoms with Crippen LogP contribution >= 0.6 is 0 Å². The van der Waals surface area contributed by atoms with Crippen LogP contribution in [0.3, 0.4) is 0 Å². The molecule has 0 amide bonds. The summed E-state index contributed by atoms with van der Waals surface area (Å²) >= 11 is 0. The Morgan fingerprint density at radius 1 is 0.952 bits per heavy atom. The van der Waals surface area contributed by atoms with E-state index in [1.165, 1.54) is 13.8 Å². The highest BCUT2D eigenvalue weighted by Crippen LogP contribution is 2.02. The standard InChI is InChI=1S/C13H22O8/c1-4-5-11(16)21-10(6-19-12(17)8(2)14)7-20-13(18)9(3)15/h8-10,14-15H,4-7H2,1-3H3. The minimum Gasteiger partial charge on any atom is -0.460 e. The number of hydrogen-bond acceptors (Lipinski definition) is 8. The maximum Gasteiger partial charge on any atom is 0.334 e. The van der Waals surface area contributed by atoms with Gasteiger partial charge in [0.25, 0.3) is 0 Å². The molecular weight excluding hydrogens is 284 g/mol. The van der Waals surface area contributed by atoms with Crippen LogP contribution in [0.1, 0.15) is 33.6 Å². The van der Waals surface area contributed by atoms with Gasteiger partial charge in [0.1, 0.15) is 25.4 Å². The van der Waals surface area contributed by atoms with E-state index in [0.29, 0.717) is 6.42 Å². The predicted octanol–water partition coefficient (Wildman–Crippen LogP) is -0.454. The van der Waals surface area contributed by atoms with Gasteiger partial charge in [0, 0.05) is 6.42 Å². The van der Waals surface area contributed by atoms with Gasteiger partial charge in [0.05, 0.1) is 0 Å². The molecule has 0 radical (unpaired) electrons. The van der Waals surface area contributed by atoms with Gasteiger partial charge >= 0.3 is 17.9 Å². The third kappa shape index (κ3) is 8.98. The predicted molar refractivity (Wildman–Crippen MR) is 70.1 cm³/mol. The Labute approximate surface area is 123 Å². The van der Waals surface area contributed by atoms with Gasteiger partial charge in [-0.1, -0.05) is 6.92 Å². The molecule has 2 unspecified atom stereocenters. The van der Waals surface area contributed by atoms with Crippen LogP contribution in [0.5, 0.6) is 0 Å². The largest absolute Gasteiger partial charge is 0.460 e. The van der Waals surface area contributed by atoms with Gasteiger partial charge in [-0.15, -0.1) is 0 Å². The summed E-state index contributed by atoms with van der Waals surface area (Å²) in [4.78, 5) is 33.7. The number of rotatable bonds is 9. The van der Waals surface area contributed by atoms with E-state index in [9.17, 15) is 14.4 Å². The van der Waals surface area contributed by atoms with Crippen LogP contribution in [0.2, 0.25) is 0 Å². The first-order valence-corrected chi connectivity index (χ1v) is 6.66. The van der Waals surface area contributed by atoms with Gasteiger partial charge in [-0.2, -0.15) is 0 Å². The molecule has 21 heavy (non-hydrogen) atoms. The molecule has 0 aromatic rings. The van der Waals surface area contributed by atoms with Crippen molar-refractivity contribution in [2.45, 2.75) is 51.9 Å². The number of aliphatic hydroxyl groups is 2. The molecule has 0 saturated carbocycles. The average Bonchev–Trinajstić information content (AvgIpc) is 2.40. The molecule has 0 aromatic carbocycles. The lowest BCUT2D eigenvalue weighted by molar-refractivity contribution is -0.172. The molecule has 0 rings (SSSR count). The van der Waals surface area contributed by atoms with E-state index in [2.05, 4.69) is 0 Å². The maximum absolute atomic E-state index is 11.4. The summed E-state index contributed by atoms with van der Waals surface area (Å²) in [6.45, 7) is 3.54. The maximum atomic E-state index is 11.4. The van der Waals surface area contributed by atoms with Crippen molar-refractivity contribution < 1.29 is 38.8 Å². The molecule has 0 fully saturated rings. The van der Waals surface area contributed by atoms with Gasteiger partial charge in [-0.05, 0) is 20.3 Å². The van der Waals surface area contributed by atoms with Crippen molar-refractivity contribution in [2.24, 2.45) is 0 Å². The molecule has 0 aliphatic heterocycles. The lowest BCUT2D eigenvalue weighted by Crippen LogP contribution is -2.34. The third-order valence-corrected chi connectivity index (χ3v) is 2.26. The van der Waals surface area contributed by atoms with E-state index in [1.807, 2.05) is 0 Å². The monoisotopic (exact) mass is 306 g/mol. The minimum atomic E-state index is -1.31. The van der Waals surface area contributed by atoms with E-state index in [0.717, 1.165) is 0 Å². The Morgan fingerprint density at radius 3 is 1.71 bits per heavy atom. The number of carbonyl (C=O) groups is 3. The van der Waals surface area contributed by atoms with Crippen molar-refractivity contribution >= 4 is 17.9 Å². The fourth-order valence-corrected chi connectivity index (χ4v) is 1.16. The van der Waals surface area contributed by atoms with Crippen molar-refractivity contribution in [3.63, 3.8) is 0 Å². The van der Waals surface area contributed by atoms with Crippen LogP contribution in [0.25, 0.3) is 0 Å². The van der Waals surface area contributed by atoms with Crippen LogP contribution < -0.4 is 0 Å². The quantitative estimate of drug-likeness (QED) is 0.434. The summed E-state index contributed by atoms with van der Waals surface area (Å²) in [5, 5.41) is 18.0. The highest BCUT2D eigenvalue weighted by Gasteiger charge is 2.21. The summed E-state index contributed by atoms with van der Waals surface area (Å²) in [7, 11) is 0. The van der Waals surface area contributed by atoms with Crippen LogP contribution in [-0.2, 0) is 28.6 Å². The summed E-state index contributed by atoms with van der Waals surface area (Å²) in [5.41, 5.74) is 0. The van der Waals surface area contributed by atoms with Gasteiger partial charge in [-0.25, -0.2) is 9.59 Å². The molecule has 8 heteroatoms. The molecule has 0 aliphatic carbocycles. The average molecular weight is 306 g/mol. The lowest BCUT2D eigenvalue weighted by Gasteiger charge is -2.18. The molecule has 2 atom stereocenters. The minimum absolute atomic E-state index is 0.172. The van der Waals surface area contributed by atoms with Crippen LogP contribution in [-0.4, -0.2) is 59.6 Å². The molecular formula is C13H22O8. The van der Waals surface area contributed by atoms with Crippen molar-refractivity contribution in [1.29, 1.82) is 0 Å². The van der Waals surface area contributed by atoms with Crippen LogP contribution in [0.15, 0.2) is 0 Å². The second-order valence-corrected chi connectivity index (χ2v) is 4.47. The number of aliphatic hydroxyl groups excluding tert-OH is 2. The number of ether oxygens (including phenoxy) is 3. The Bertz CT molecular complexity index is 326. The summed E-state index contributed by atoms with van der Waals surface area (Å²) in [6, 6.07) is 0. The third-order valence-electron chi connectivity index (χ3n) is 2.26. The van der Waals surface area contributed by atoms with Crippen molar-refractivity contribution in [3.05, 3.63) is 0 Å². The van der Waals surface area contributed by atoms with E-state index >= 15 is 0 Å². The first-order valence-electron chi connectivity index (χ1n) is 6.66. The first kappa shape index (κ1) is 19.3. The summed E-state index contributed by atoms with van der Waals surface area (Å²) < 4.78 is 14.4. The van der Waals surface area contributed by atoms with E-state index < -0.39 is 36.2 Å². The Morgan fingerprint density at radius 2 is 1.38 bits per heavy atom. The first-order chi connectivity index (χ1) is 9.77. The number of esters is 3. The van der Waals surface area contributed by atoms with Gasteiger partial charge < -0.3 is 24.4 Å². The molecule has 0 spiro atoms. The fourth-order valence-electron chi connectivity index (χ4n) is 1.16. The van der Waals surface area contributed by atoms with Crippen molar-refractivity contribution in [2.75, 3.05) is 13.2 Å². The lowest BCUT2D eigenvalue weighted by atomic mass is 10.3. The highest BCUT2D eigenvalue weighted by atomic mass is 16.6. The van der Waals surface area contributed by atoms with Crippen LogP contribution in [0, 0.1) is 0 Å². The number of carbonyl (C=O) groups excluding carboxylic acids is 3. The molecule has 0 aliphatic rings. The zero-order valence-corrected chi connectivity index (χ0v) is 12.4. The Kier molecular flexibility index (Phi) is 9.31. The van der Waals surface area contributed by atoms with Gasteiger partial charge in [0.2, 0.25) is 0 Å². The van der Waals surface area contributed by atoms with Crippen molar-refractivity contribution in [3.8, 4) is 0 Å². The smallest absolute Gasteiger partial charge is 0.334 e. The normalized spacial score (nSPS) is 14.7. The van der Waals surface area contributed by atoms with Gasteiger partial charge in [-0.3, -0.25) is 4.79 Å². The van der Waals surface area contributed by atoms with E-state index in [1.54, 1.807) is 6.92 Å². The second kappa shape index (κ2) is 10.1. The Balaban J connectivity index is 4.43. The topological polar surface area (TPSA) is 119 Å². The van der Waals surface area contributed by atoms with Crippen LogP contribution in [0.4, 0.5) is 0 Å². The molecule has 2 N–H and O–H groups in total. The van der Waals surface area contributed by atoms with E-state index in [-0.39, 0.29) is 19.6 Å². The fraction of sp³-hybridized carbons (Fsp3) is 0.769. The van der Waals surface area contributed by atoms with Crippen molar-refractivity contribution in [1.82, 2.24) is 0 Å². The van der Waals surface area contributed by atoms with E-state index in [4.69, 9.17) is 24.4 Å². The number of hydrogen-bond donors (Lipinski definition) is 2. The molecule has 122 valence electrons. The zero-order chi connectivity index (χ0) is 16.4. The molecule has 0 saturated heterocycles. The Hall–Kier alpha value is -1.67. The highest BCUT2D eigenvalue weighted by molar-refractivity contribution is 5.74. The molecule has 0 heterocycles.